The molecule has 0 N–H and O–H groups in total. The van der Waals surface area contributed by atoms with Gasteiger partial charge in [-0.1, -0.05) is 57.5 Å². The lowest BCUT2D eigenvalue weighted by Crippen LogP contribution is -2.37. The lowest BCUT2D eigenvalue weighted by Gasteiger charge is -2.38. The van der Waals surface area contributed by atoms with Crippen molar-refractivity contribution in [1.82, 2.24) is 0 Å². The lowest BCUT2D eigenvalue weighted by molar-refractivity contribution is 0.131. The zero-order valence-electron chi connectivity index (χ0n) is 17.2. The molecule has 0 fully saturated rings. The smallest absolute Gasteiger partial charge is 0.121 e. The Labute approximate surface area is 165 Å². The van der Waals surface area contributed by atoms with Crippen molar-refractivity contribution in [3.05, 3.63) is 72.8 Å². The second-order valence-electron chi connectivity index (χ2n) is 7.81. The van der Waals surface area contributed by atoms with Gasteiger partial charge in [-0.2, -0.15) is 0 Å². The van der Waals surface area contributed by atoms with Crippen molar-refractivity contribution >= 4 is 20.1 Å². The molecule has 0 bridgehead atoms. The monoisotopic (exact) mass is 382 g/mol. The molecule has 2 nitrogen and oxygen atoms in total. The maximum absolute atomic E-state index is 6.32. The molecule has 0 aliphatic carbocycles. The van der Waals surface area contributed by atoms with Gasteiger partial charge in [-0.25, -0.2) is 0 Å². The van der Waals surface area contributed by atoms with Crippen molar-refractivity contribution in [2.75, 3.05) is 12.8 Å². The van der Waals surface area contributed by atoms with Crippen LogP contribution in [0.4, 0.5) is 0 Å². The number of rotatable bonds is 9. The molecule has 2 aromatic rings. The van der Waals surface area contributed by atoms with Crippen LogP contribution in [0.3, 0.4) is 0 Å². The van der Waals surface area contributed by atoms with Gasteiger partial charge in [0, 0.05) is 6.16 Å². The van der Waals surface area contributed by atoms with Crippen LogP contribution in [-0.4, -0.2) is 23.8 Å². The van der Waals surface area contributed by atoms with Gasteiger partial charge in [-0.3, -0.25) is 0 Å². The molecule has 0 aromatic heterocycles. The molecule has 0 radical (unpaired) electrons. The van der Waals surface area contributed by atoms with E-state index in [0.717, 1.165) is 28.8 Å². The van der Waals surface area contributed by atoms with Crippen LogP contribution in [0.2, 0.25) is 0 Å². The second kappa shape index (κ2) is 8.76. The number of hydrogen-bond donors (Lipinski definition) is 0. The SMILES string of the molecule is C=Cc1ccc(OC(C)(C)CP(C)C(C)(C)Oc2ccc(C=C)cc2)cc1. The van der Waals surface area contributed by atoms with Gasteiger partial charge in [-0.05, 0) is 69.8 Å². The van der Waals surface area contributed by atoms with Gasteiger partial charge in [0.15, 0.2) is 0 Å². The van der Waals surface area contributed by atoms with Crippen molar-refractivity contribution in [2.45, 2.75) is 38.6 Å². The maximum Gasteiger partial charge on any atom is 0.121 e. The van der Waals surface area contributed by atoms with E-state index >= 15 is 0 Å². The molecule has 27 heavy (non-hydrogen) atoms. The van der Waals surface area contributed by atoms with E-state index in [1.54, 1.807) is 0 Å². The molecule has 0 saturated carbocycles. The number of ether oxygens (including phenoxy) is 2. The van der Waals surface area contributed by atoms with Gasteiger partial charge in [0.1, 0.15) is 22.4 Å². The summed E-state index contributed by atoms with van der Waals surface area (Å²) in [7, 11) is -0.436. The van der Waals surface area contributed by atoms with E-state index in [1.165, 1.54) is 0 Å². The number of benzene rings is 2. The quantitative estimate of drug-likeness (QED) is 0.432. The maximum atomic E-state index is 6.32. The fourth-order valence-electron chi connectivity index (χ4n) is 2.82. The van der Waals surface area contributed by atoms with Gasteiger partial charge >= 0.3 is 0 Å². The van der Waals surface area contributed by atoms with Gasteiger partial charge in [0.05, 0.1) is 0 Å². The zero-order chi connectivity index (χ0) is 20.1. The lowest BCUT2D eigenvalue weighted by atomic mass is 10.1. The summed E-state index contributed by atoms with van der Waals surface area (Å²) >= 11 is 0. The Kier molecular flexibility index (Phi) is 6.89. The largest absolute Gasteiger partial charge is 0.488 e. The van der Waals surface area contributed by atoms with Crippen LogP contribution in [-0.2, 0) is 0 Å². The summed E-state index contributed by atoms with van der Waals surface area (Å²) in [5.41, 5.74) is 1.91. The predicted octanol–water partition coefficient (Wildman–Crippen LogP) is 7.06. The van der Waals surface area contributed by atoms with Gasteiger partial charge in [-0.15, -0.1) is 0 Å². The highest BCUT2D eigenvalue weighted by molar-refractivity contribution is 7.58. The fraction of sp³-hybridized carbons (Fsp3) is 0.333. The Morgan fingerprint density at radius 1 is 0.778 bits per heavy atom. The highest BCUT2D eigenvalue weighted by Gasteiger charge is 2.33. The highest BCUT2D eigenvalue weighted by Crippen LogP contribution is 2.49. The molecule has 1 atom stereocenters. The van der Waals surface area contributed by atoms with E-state index in [2.05, 4.69) is 47.5 Å². The van der Waals surface area contributed by atoms with Crippen molar-refractivity contribution in [3.63, 3.8) is 0 Å². The first kappa shape index (κ1) is 21.3. The Hall–Kier alpha value is -2.05. The van der Waals surface area contributed by atoms with Crippen molar-refractivity contribution in [3.8, 4) is 11.5 Å². The van der Waals surface area contributed by atoms with Crippen LogP contribution in [0.15, 0.2) is 61.7 Å². The zero-order valence-corrected chi connectivity index (χ0v) is 18.1. The van der Waals surface area contributed by atoms with E-state index in [1.807, 2.05) is 60.7 Å². The van der Waals surface area contributed by atoms with Crippen LogP contribution < -0.4 is 9.47 Å². The van der Waals surface area contributed by atoms with Crippen LogP contribution in [0, 0.1) is 0 Å². The molecule has 2 aromatic carbocycles. The second-order valence-corrected chi connectivity index (χ2v) is 10.6. The summed E-state index contributed by atoms with van der Waals surface area (Å²) in [4.78, 5) is 0. The molecule has 0 aliphatic heterocycles. The summed E-state index contributed by atoms with van der Waals surface area (Å²) in [5.74, 6) is 1.77. The van der Waals surface area contributed by atoms with E-state index in [9.17, 15) is 0 Å². The normalized spacial score (nSPS) is 12.9. The minimum atomic E-state index is -0.436. The molecular weight excluding hydrogens is 351 g/mol. The molecule has 0 saturated heterocycles. The first-order chi connectivity index (χ1) is 12.6. The van der Waals surface area contributed by atoms with Crippen LogP contribution in [0.25, 0.3) is 12.2 Å². The number of hydrogen-bond acceptors (Lipinski definition) is 2. The third-order valence-electron chi connectivity index (χ3n) is 4.53. The molecule has 3 heteroatoms. The van der Waals surface area contributed by atoms with Crippen molar-refractivity contribution < 1.29 is 9.47 Å². The minimum absolute atomic E-state index is 0.252. The van der Waals surface area contributed by atoms with Crippen LogP contribution in [0.1, 0.15) is 38.8 Å². The highest BCUT2D eigenvalue weighted by atomic mass is 31.1. The third-order valence-corrected chi connectivity index (χ3v) is 7.70. The van der Waals surface area contributed by atoms with Crippen molar-refractivity contribution in [2.24, 2.45) is 0 Å². The fourth-order valence-corrected chi connectivity index (χ4v) is 4.67. The summed E-state index contributed by atoms with van der Waals surface area (Å²) in [5, 5.41) is -0.252. The summed E-state index contributed by atoms with van der Waals surface area (Å²) in [6.45, 7) is 18.5. The van der Waals surface area contributed by atoms with Gasteiger partial charge in [0.25, 0.3) is 0 Å². The molecule has 0 spiro atoms. The van der Waals surface area contributed by atoms with Gasteiger partial charge in [0.2, 0.25) is 0 Å². The molecule has 0 amide bonds. The molecule has 144 valence electrons. The summed E-state index contributed by atoms with van der Waals surface area (Å²) < 4.78 is 12.6. The molecule has 1 unspecified atom stereocenters. The molecule has 0 heterocycles. The van der Waals surface area contributed by atoms with Crippen LogP contribution >= 0.6 is 7.92 Å². The average molecular weight is 382 g/mol. The molecule has 0 aliphatic rings. The summed E-state index contributed by atoms with van der Waals surface area (Å²) in [6.07, 6.45) is 4.61. The van der Waals surface area contributed by atoms with E-state index in [-0.39, 0.29) is 10.9 Å². The Balaban J connectivity index is 2.01. The average Bonchev–Trinajstić information content (AvgIpc) is 2.62. The Bertz CT molecular complexity index is 758. The standard InChI is InChI=1S/C24H31O2P/c1-8-19-10-14-21(15-11-19)25-23(3,4)18-27(7)24(5,6)26-22-16-12-20(9-2)13-17-22/h8-17H,1-2,18H2,3-7H3. The first-order valence-electron chi connectivity index (χ1n) is 9.19. The Morgan fingerprint density at radius 2 is 1.19 bits per heavy atom. The topological polar surface area (TPSA) is 18.5 Å². The molecular formula is C24H31O2P. The third kappa shape index (κ3) is 6.26. The summed E-state index contributed by atoms with van der Waals surface area (Å²) in [6, 6.07) is 16.1. The Morgan fingerprint density at radius 3 is 1.59 bits per heavy atom. The predicted molar refractivity (Wildman–Crippen MR) is 120 cm³/mol. The van der Waals surface area contributed by atoms with Gasteiger partial charge < -0.3 is 9.47 Å². The van der Waals surface area contributed by atoms with E-state index in [0.29, 0.717) is 0 Å². The first-order valence-corrected chi connectivity index (χ1v) is 11.2. The van der Waals surface area contributed by atoms with E-state index in [4.69, 9.17) is 9.47 Å². The van der Waals surface area contributed by atoms with Crippen molar-refractivity contribution in [1.29, 1.82) is 0 Å². The van der Waals surface area contributed by atoms with E-state index < -0.39 is 7.92 Å². The van der Waals surface area contributed by atoms with Crippen LogP contribution in [0.5, 0.6) is 11.5 Å². The molecule has 2 rings (SSSR count). The minimum Gasteiger partial charge on any atom is -0.488 e.